The zero-order chi connectivity index (χ0) is 16.5. The average molecular weight is 325 g/mol. The molecule has 5 heteroatoms. The fourth-order valence-electron chi connectivity index (χ4n) is 3.00. The lowest BCUT2D eigenvalue weighted by Gasteiger charge is -2.29. The molecule has 2 aromatic rings. The van der Waals surface area contributed by atoms with Crippen LogP contribution < -0.4 is 20.4 Å². The van der Waals surface area contributed by atoms with E-state index in [4.69, 9.17) is 0 Å². The Kier molecular flexibility index (Phi) is 6.45. The van der Waals surface area contributed by atoms with Crippen LogP contribution in [0.4, 0.5) is 11.5 Å². The van der Waals surface area contributed by atoms with E-state index in [-0.39, 0.29) is 0 Å². The van der Waals surface area contributed by atoms with Crippen molar-refractivity contribution in [2.24, 2.45) is 0 Å². The second kappa shape index (κ2) is 9.25. The van der Waals surface area contributed by atoms with Gasteiger partial charge in [-0.15, -0.1) is 0 Å². The summed E-state index contributed by atoms with van der Waals surface area (Å²) in [5.41, 5.74) is 1.35. The number of benzene rings is 1. The first kappa shape index (κ1) is 16.7. The van der Waals surface area contributed by atoms with E-state index in [2.05, 4.69) is 61.8 Å². The summed E-state index contributed by atoms with van der Waals surface area (Å²) in [4.78, 5) is 9.02. The molecule has 2 saturated heterocycles. The monoisotopic (exact) mass is 325 g/mol. The molecule has 5 nitrogen and oxygen atoms in total. The predicted molar refractivity (Wildman–Crippen MR) is 101 cm³/mol. The molecule has 128 valence electrons. The fourth-order valence-corrected chi connectivity index (χ4v) is 3.00. The Hall–Kier alpha value is -2.11. The molecule has 1 aromatic heterocycles. The maximum Gasteiger partial charge on any atom is 0.128 e. The molecule has 0 radical (unpaired) electrons. The van der Waals surface area contributed by atoms with E-state index < -0.39 is 0 Å². The van der Waals surface area contributed by atoms with Crippen LogP contribution >= 0.6 is 0 Å². The van der Waals surface area contributed by atoms with Gasteiger partial charge in [-0.05, 0) is 24.3 Å². The molecule has 0 atom stereocenters. The molecule has 2 aliphatic heterocycles. The van der Waals surface area contributed by atoms with E-state index in [1.165, 1.54) is 5.69 Å². The fraction of sp³-hybridized carbons (Fsp3) is 0.421. The third-order valence-corrected chi connectivity index (χ3v) is 4.33. The van der Waals surface area contributed by atoms with Crippen molar-refractivity contribution in [1.29, 1.82) is 0 Å². The number of aromatic nitrogens is 1. The Labute approximate surface area is 144 Å². The Morgan fingerprint density at radius 3 is 1.83 bits per heavy atom. The highest BCUT2D eigenvalue weighted by Crippen LogP contribution is 2.12. The molecule has 0 amide bonds. The van der Waals surface area contributed by atoms with Crippen molar-refractivity contribution >= 4 is 11.5 Å². The normalized spacial score (nSPS) is 17.8. The lowest BCUT2D eigenvalue weighted by molar-refractivity contribution is 0.585. The minimum Gasteiger partial charge on any atom is -0.369 e. The predicted octanol–water partition coefficient (Wildman–Crippen LogP) is 1.59. The Morgan fingerprint density at radius 2 is 1.25 bits per heavy atom. The van der Waals surface area contributed by atoms with Crippen molar-refractivity contribution in [3.8, 4) is 0 Å². The van der Waals surface area contributed by atoms with Gasteiger partial charge in [-0.1, -0.05) is 24.3 Å². The van der Waals surface area contributed by atoms with E-state index in [0.717, 1.165) is 58.2 Å². The number of hydrogen-bond acceptors (Lipinski definition) is 5. The van der Waals surface area contributed by atoms with Crippen molar-refractivity contribution in [1.82, 2.24) is 15.6 Å². The van der Waals surface area contributed by atoms with Crippen molar-refractivity contribution < 1.29 is 0 Å². The quantitative estimate of drug-likeness (QED) is 0.878. The molecule has 2 aliphatic rings. The van der Waals surface area contributed by atoms with Crippen LogP contribution in [0.1, 0.15) is 0 Å². The first-order chi connectivity index (χ1) is 11.9. The maximum atomic E-state index is 4.30. The minimum atomic E-state index is 1.07. The summed E-state index contributed by atoms with van der Waals surface area (Å²) in [5.74, 6) is 1.10. The van der Waals surface area contributed by atoms with Gasteiger partial charge < -0.3 is 20.4 Å². The summed E-state index contributed by atoms with van der Waals surface area (Å²) in [6.07, 6.45) is 1.84. The number of para-hydroxylation sites is 1. The molecule has 0 aliphatic carbocycles. The number of pyridine rings is 1. The third kappa shape index (κ3) is 4.94. The molecular weight excluding hydrogens is 298 g/mol. The van der Waals surface area contributed by atoms with Crippen molar-refractivity contribution in [3.63, 3.8) is 0 Å². The maximum absolute atomic E-state index is 4.30. The summed E-state index contributed by atoms with van der Waals surface area (Å²) in [6.45, 7) is 8.74. The number of hydrogen-bond donors (Lipinski definition) is 2. The first-order valence-electron chi connectivity index (χ1n) is 8.81. The van der Waals surface area contributed by atoms with Gasteiger partial charge in [-0.25, -0.2) is 4.98 Å². The summed E-state index contributed by atoms with van der Waals surface area (Å²) >= 11 is 0. The lowest BCUT2D eigenvalue weighted by Crippen LogP contribution is -2.43. The van der Waals surface area contributed by atoms with E-state index in [9.17, 15) is 0 Å². The molecule has 0 unspecified atom stereocenters. The highest BCUT2D eigenvalue weighted by atomic mass is 15.2. The summed E-state index contributed by atoms with van der Waals surface area (Å²) in [6, 6.07) is 16.6. The van der Waals surface area contributed by atoms with Crippen LogP contribution in [0.15, 0.2) is 54.7 Å². The van der Waals surface area contributed by atoms with Crippen molar-refractivity contribution in [2.75, 3.05) is 62.2 Å². The smallest absolute Gasteiger partial charge is 0.128 e. The number of rotatable bonds is 2. The molecule has 2 N–H and O–H groups in total. The van der Waals surface area contributed by atoms with Gasteiger partial charge in [0.2, 0.25) is 0 Å². The van der Waals surface area contributed by atoms with Gasteiger partial charge in [0, 0.05) is 64.2 Å². The van der Waals surface area contributed by atoms with Gasteiger partial charge in [-0.2, -0.15) is 0 Å². The van der Waals surface area contributed by atoms with Gasteiger partial charge in [0.15, 0.2) is 0 Å². The second-order valence-electron chi connectivity index (χ2n) is 6.00. The van der Waals surface area contributed by atoms with E-state index in [1.807, 2.05) is 18.3 Å². The molecule has 1 aromatic carbocycles. The van der Waals surface area contributed by atoms with Crippen LogP contribution in [-0.4, -0.2) is 57.3 Å². The zero-order valence-electron chi connectivity index (χ0n) is 14.2. The molecular formula is C19H27N5. The number of piperazine rings is 2. The van der Waals surface area contributed by atoms with Gasteiger partial charge >= 0.3 is 0 Å². The van der Waals surface area contributed by atoms with Crippen molar-refractivity contribution in [2.45, 2.75) is 0 Å². The Bertz CT molecular complexity index is 509. The molecule has 0 bridgehead atoms. The number of anilines is 2. The van der Waals surface area contributed by atoms with E-state index in [0.29, 0.717) is 0 Å². The molecule has 0 saturated carbocycles. The van der Waals surface area contributed by atoms with Crippen LogP contribution in [0, 0.1) is 0 Å². The summed E-state index contributed by atoms with van der Waals surface area (Å²) in [5, 5.41) is 6.66. The Balaban J connectivity index is 0.000000141. The second-order valence-corrected chi connectivity index (χ2v) is 6.00. The average Bonchev–Trinajstić information content (AvgIpc) is 2.71. The third-order valence-electron chi connectivity index (χ3n) is 4.33. The zero-order valence-corrected chi connectivity index (χ0v) is 14.2. The van der Waals surface area contributed by atoms with Crippen LogP contribution in [0.3, 0.4) is 0 Å². The number of nitrogens with one attached hydrogen (secondary N) is 2. The first-order valence-corrected chi connectivity index (χ1v) is 8.81. The van der Waals surface area contributed by atoms with Crippen molar-refractivity contribution in [3.05, 3.63) is 54.7 Å². The summed E-state index contributed by atoms with van der Waals surface area (Å²) < 4.78 is 0. The van der Waals surface area contributed by atoms with Gasteiger partial charge in [0.05, 0.1) is 0 Å². The van der Waals surface area contributed by atoms with Crippen LogP contribution in [0.25, 0.3) is 0 Å². The molecule has 0 spiro atoms. The van der Waals surface area contributed by atoms with Crippen LogP contribution in [0.2, 0.25) is 0 Å². The topological polar surface area (TPSA) is 43.4 Å². The van der Waals surface area contributed by atoms with Crippen LogP contribution in [-0.2, 0) is 0 Å². The highest BCUT2D eigenvalue weighted by molar-refractivity contribution is 5.46. The SMILES string of the molecule is c1ccc(N2CCNCC2)cc1.c1ccc(N2CCNCC2)nc1. The van der Waals surface area contributed by atoms with Crippen LogP contribution in [0.5, 0.6) is 0 Å². The van der Waals surface area contributed by atoms with E-state index in [1.54, 1.807) is 0 Å². The highest BCUT2D eigenvalue weighted by Gasteiger charge is 2.10. The molecule has 4 rings (SSSR count). The minimum absolute atomic E-state index is 1.07. The van der Waals surface area contributed by atoms with E-state index >= 15 is 0 Å². The summed E-state index contributed by atoms with van der Waals surface area (Å²) in [7, 11) is 0. The standard InChI is InChI=1S/C10H14N2.C9H13N3/c1-2-4-10(5-3-1)12-8-6-11-7-9-12;1-2-4-11-9(3-1)12-7-5-10-6-8-12/h1-5,11H,6-9H2;1-4,10H,5-8H2. The number of nitrogens with zero attached hydrogens (tertiary/aromatic N) is 3. The van der Waals surface area contributed by atoms with Gasteiger partial charge in [-0.3, -0.25) is 0 Å². The van der Waals surface area contributed by atoms with Gasteiger partial charge in [0.25, 0.3) is 0 Å². The molecule has 3 heterocycles. The molecule has 24 heavy (non-hydrogen) atoms. The largest absolute Gasteiger partial charge is 0.369 e. The Morgan fingerprint density at radius 1 is 0.667 bits per heavy atom. The molecule has 2 fully saturated rings. The lowest BCUT2D eigenvalue weighted by atomic mass is 10.2. The van der Waals surface area contributed by atoms with Gasteiger partial charge in [0.1, 0.15) is 5.82 Å².